The van der Waals surface area contributed by atoms with E-state index in [4.69, 9.17) is 16.3 Å². The van der Waals surface area contributed by atoms with Crippen molar-refractivity contribution in [2.75, 3.05) is 18.2 Å². The average molecular weight is 426 g/mol. The lowest BCUT2D eigenvalue weighted by Gasteiger charge is -2.06. The van der Waals surface area contributed by atoms with Gasteiger partial charge in [-0.25, -0.2) is 0 Å². The van der Waals surface area contributed by atoms with Gasteiger partial charge in [0.1, 0.15) is 5.75 Å². The van der Waals surface area contributed by atoms with Crippen molar-refractivity contribution >= 4 is 40.6 Å². The molecule has 1 amide bonds. The number of carbonyl (C=O) groups excluding carboxylic acids is 1. The van der Waals surface area contributed by atoms with E-state index in [2.05, 4.69) is 20.6 Å². The third-order valence-electron chi connectivity index (χ3n) is 4.06. The highest BCUT2D eigenvalue weighted by Crippen LogP contribution is 2.24. The SMILES string of the molecule is COc1cccc(-c2ccc3nnc(SCC(=O)Nc4ccc(Cl)cc4)n3n2)c1. The smallest absolute Gasteiger partial charge is 0.234 e. The lowest BCUT2D eigenvalue weighted by Crippen LogP contribution is -2.14. The summed E-state index contributed by atoms with van der Waals surface area (Å²) in [7, 11) is 1.62. The Morgan fingerprint density at radius 2 is 1.97 bits per heavy atom. The summed E-state index contributed by atoms with van der Waals surface area (Å²) in [5, 5.41) is 16.9. The molecule has 0 aliphatic carbocycles. The second-order valence-corrected chi connectivity index (χ2v) is 7.43. The number of anilines is 1. The Kier molecular flexibility index (Phi) is 5.64. The van der Waals surface area contributed by atoms with E-state index in [1.807, 2.05) is 36.4 Å². The Hall–Kier alpha value is -3.10. The monoisotopic (exact) mass is 425 g/mol. The van der Waals surface area contributed by atoms with Crippen LogP contribution in [-0.2, 0) is 4.79 Å². The Morgan fingerprint density at radius 3 is 2.76 bits per heavy atom. The number of aromatic nitrogens is 4. The van der Waals surface area contributed by atoms with E-state index in [-0.39, 0.29) is 11.7 Å². The number of ether oxygens (including phenoxy) is 1. The summed E-state index contributed by atoms with van der Waals surface area (Å²) in [6.07, 6.45) is 0. The number of carbonyl (C=O) groups is 1. The van der Waals surface area contributed by atoms with Crippen LogP contribution in [0, 0.1) is 0 Å². The van der Waals surface area contributed by atoms with E-state index in [0.717, 1.165) is 17.0 Å². The van der Waals surface area contributed by atoms with Crippen LogP contribution in [0.3, 0.4) is 0 Å². The molecule has 2 aromatic carbocycles. The van der Waals surface area contributed by atoms with E-state index in [9.17, 15) is 4.79 Å². The van der Waals surface area contributed by atoms with Crippen molar-refractivity contribution in [3.8, 4) is 17.0 Å². The molecule has 2 aromatic heterocycles. The van der Waals surface area contributed by atoms with Crippen LogP contribution < -0.4 is 10.1 Å². The lowest BCUT2D eigenvalue weighted by molar-refractivity contribution is -0.113. The Bertz CT molecular complexity index is 1160. The van der Waals surface area contributed by atoms with Crippen molar-refractivity contribution < 1.29 is 9.53 Å². The van der Waals surface area contributed by atoms with Gasteiger partial charge in [0.05, 0.1) is 18.6 Å². The predicted octanol–water partition coefficient (Wildman–Crippen LogP) is 4.18. The van der Waals surface area contributed by atoms with Crippen LogP contribution in [0.15, 0.2) is 65.8 Å². The van der Waals surface area contributed by atoms with E-state index in [1.165, 1.54) is 11.8 Å². The van der Waals surface area contributed by atoms with Crippen LogP contribution in [0.5, 0.6) is 5.75 Å². The van der Waals surface area contributed by atoms with Crippen molar-refractivity contribution in [3.05, 3.63) is 65.7 Å². The number of halogens is 1. The molecular formula is C20H16ClN5O2S. The first-order chi connectivity index (χ1) is 14.1. The molecular weight excluding hydrogens is 410 g/mol. The molecule has 0 aliphatic rings. The number of fused-ring (bicyclic) bond motifs is 1. The first kappa shape index (κ1) is 19.2. The Balaban J connectivity index is 1.50. The second-order valence-electron chi connectivity index (χ2n) is 6.05. The molecule has 1 N–H and O–H groups in total. The quantitative estimate of drug-likeness (QED) is 0.466. The van der Waals surface area contributed by atoms with Gasteiger partial charge in [-0.05, 0) is 48.5 Å². The molecule has 0 atom stereocenters. The minimum atomic E-state index is -0.155. The number of hydrogen-bond acceptors (Lipinski definition) is 6. The third-order valence-corrected chi connectivity index (χ3v) is 5.23. The van der Waals surface area contributed by atoms with E-state index in [1.54, 1.807) is 35.9 Å². The van der Waals surface area contributed by atoms with Crippen LogP contribution in [-0.4, -0.2) is 38.6 Å². The summed E-state index contributed by atoms with van der Waals surface area (Å²) < 4.78 is 6.91. The normalized spacial score (nSPS) is 10.8. The molecule has 0 radical (unpaired) electrons. The summed E-state index contributed by atoms with van der Waals surface area (Å²) in [5.74, 6) is 0.772. The van der Waals surface area contributed by atoms with Crippen LogP contribution >= 0.6 is 23.4 Å². The van der Waals surface area contributed by atoms with E-state index >= 15 is 0 Å². The first-order valence-electron chi connectivity index (χ1n) is 8.67. The molecule has 4 rings (SSSR count). The van der Waals surface area contributed by atoms with E-state index < -0.39 is 0 Å². The summed E-state index contributed by atoms with van der Waals surface area (Å²) in [6.45, 7) is 0. The van der Waals surface area contributed by atoms with Gasteiger partial charge in [0.15, 0.2) is 5.65 Å². The third kappa shape index (κ3) is 4.49. The van der Waals surface area contributed by atoms with Crippen LogP contribution in [0.4, 0.5) is 5.69 Å². The molecule has 146 valence electrons. The molecule has 7 nitrogen and oxygen atoms in total. The Morgan fingerprint density at radius 1 is 1.14 bits per heavy atom. The zero-order chi connectivity index (χ0) is 20.2. The van der Waals surface area contributed by atoms with Gasteiger partial charge in [-0.15, -0.1) is 10.2 Å². The van der Waals surface area contributed by atoms with Crippen molar-refractivity contribution in [2.24, 2.45) is 0 Å². The van der Waals surface area contributed by atoms with Crippen molar-refractivity contribution in [1.82, 2.24) is 19.8 Å². The van der Waals surface area contributed by atoms with Gasteiger partial charge >= 0.3 is 0 Å². The standard InChI is InChI=1S/C20H16ClN5O2S/c1-28-16-4-2-3-13(11-16)17-9-10-18-23-24-20(26(18)25-17)29-12-19(27)22-15-7-5-14(21)6-8-15/h2-11H,12H2,1H3,(H,22,27). The molecule has 0 spiro atoms. The maximum Gasteiger partial charge on any atom is 0.234 e. The number of amides is 1. The van der Waals surface area contributed by atoms with E-state index in [0.29, 0.717) is 21.5 Å². The van der Waals surface area contributed by atoms with Crippen LogP contribution in [0.25, 0.3) is 16.9 Å². The summed E-state index contributed by atoms with van der Waals surface area (Å²) in [4.78, 5) is 12.2. The van der Waals surface area contributed by atoms with Gasteiger partial charge in [0.2, 0.25) is 11.1 Å². The van der Waals surface area contributed by atoms with Gasteiger partial charge in [-0.1, -0.05) is 35.5 Å². The van der Waals surface area contributed by atoms with Crippen molar-refractivity contribution in [2.45, 2.75) is 5.16 Å². The van der Waals surface area contributed by atoms with Gasteiger partial charge in [0, 0.05) is 16.3 Å². The fourth-order valence-corrected chi connectivity index (χ4v) is 3.47. The zero-order valence-electron chi connectivity index (χ0n) is 15.4. The number of thioether (sulfide) groups is 1. The maximum atomic E-state index is 12.2. The highest BCUT2D eigenvalue weighted by atomic mass is 35.5. The number of benzene rings is 2. The molecule has 2 heterocycles. The fourth-order valence-electron chi connectivity index (χ4n) is 2.66. The number of nitrogens with one attached hydrogen (secondary N) is 1. The molecule has 0 saturated heterocycles. The highest BCUT2D eigenvalue weighted by Gasteiger charge is 2.12. The van der Waals surface area contributed by atoms with Gasteiger partial charge in [-0.3, -0.25) is 4.79 Å². The second kappa shape index (κ2) is 8.50. The summed E-state index contributed by atoms with van der Waals surface area (Å²) in [5.41, 5.74) is 2.96. The van der Waals surface area contributed by atoms with Crippen LogP contribution in [0.1, 0.15) is 0 Å². The molecule has 0 saturated carbocycles. The molecule has 4 aromatic rings. The molecule has 0 aliphatic heterocycles. The molecule has 9 heteroatoms. The lowest BCUT2D eigenvalue weighted by atomic mass is 10.1. The summed E-state index contributed by atoms with van der Waals surface area (Å²) >= 11 is 7.12. The largest absolute Gasteiger partial charge is 0.497 e. The van der Waals surface area contributed by atoms with Crippen LogP contribution in [0.2, 0.25) is 5.02 Å². The van der Waals surface area contributed by atoms with Gasteiger partial charge in [0.25, 0.3) is 0 Å². The number of rotatable bonds is 6. The number of hydrogen-bond donors (Lipinski definition) is 1. The van der Waals surface area contributed by atoms with Gasteiger partial charge in [-0.2, -0.15) is 9.61 Å². The topological polar surface area (TPSA) is 81.4 Å². The Labute approximate surface area is 176 Å². The maximum absolute atomic E-state index is 12.2. The van der Waals surface area contributed by atoms with Crippen molar-refractivity contribution in [1.29, 1.82) is 0 Å². The van der Waals surface area contributed by atoms with Crippen molar-refractivity contribution in [3.63, 3.8) is 0 Å². The fraction of sp³-hybridized carbons (Fsp3) is 0.100. The average Bonchev–Trinajstić information content (AvgIpc) is 3.16. The zero-order valence-corrected chi connectivity index (χ0v) is 16.9. The molecule has 0 unspecified atom stereocenters. The van der Waals surface area contributed by atoms with Gasteiger partial charge < -0.3 is 10.1 Å². The predicted molar refractivity (Wildman–Crippen MR) is 114 cm³/mol. The molecule has 0 bridgehead atoms. The number of nitrogens with zero attached hydrogens (tertiary/aromatic N) is 4. The number of methoxy groups -OCH3 is 1. The first-order valence-corrected chi connectivity index (χ1v) is 10.0. The minimum Gasteiger partial charge on any atom is -0.497 e. The summed E-state index contributed by atoms with van der Waals surface area (Å²) in [6, 6.07) is 18.3. The minimum absolute atomic E-state index is 0.155. The molecule has 0 fully saturated rings. The molecule has 29 heavy (non-hydrogen) atoms. The highest BCUT2D eigenvalue weighted by molar-refractivity contribution is 7.99.